The first-order chi connectivity index (χ1) is 8.72. The lowest BCUT2D eigenvalue weighted by molar-refractivity contribution is 1.07. The Bertz CT molecular complexity index is 705. The third-order valence-corrected chi connectivity index (χ3v) is 3.72. The van der Waals surface area contributed by atoms with Crippen molar-refractivity contribution in [3.05, 3.63) is 42.2 Å². The Morgan fingerprint density at radius 3 is 3.00 bits per heavy atom. The van der Waals surface area contributed by atoms with Gasteiger partial charge in [-0.25, -0.2) is 4.98 Å². The molecule has 18 heavy (non-hydrogen) atoms. The highest BCUT2D eigenvalue weighted by Crippen LogP contribution is 2.29. The number of hydrogen-bond acceptors (Lipinski definition) is 4. The molecule has 1 aromatic carbocycles. The molecule has 0 saturated heterocycles. The molecule has 0 aliphatic rings. The van der Waals surface area contributed by atoms with Crippen LogP contribution in [0, 0.1) is 6.92 Å². The van der Waals surface area contributed by atoms with E-state index in [0.717, 1.165) is 32.3 Å². The number of hydrogen-bond donors (Lipinski definition) is 2. The molecule has 2 heterocycles. The number of anilines is 1. The molecule has 3 N–H and O–H groups in total. The number of nitrogens with one attached hydrogen (secondary N) is 1. The summed E-state index contributed by atoms with van der Waals surface area (Å²) in [6.07, 6.45) is 3.64. The van der Waals surface area contributed by atoms with Crippen molar-refractivity contribution < 1.29 is 0 Å². The quantitative estimate of drug-likeness (QED) is 0.692. The van der Waals surface area contributed by atoms with Crippen LogP contribution in [0.5, 0.6) is 0 Å². The number of aromatic amines is 1. The fourth-order valence-electron chi connectivity index (χ4n) is 1.73. The maximum Gasteiger partial charge on any atom is 0.171 e. The van der Waals surface area contributed by atoms with Gasteiger partial charge in [-0.05, 0) is 36.8 Å². The molecule has 5 heteroatoms. The molecule has 0 bridgehead atoms. The van der Waals surface area contributed by atoms with Gasteiger partial charge in [0.1, 0.15) is 0 Å². The highest BCUT2D eigenvalue weighted by atomic mass is 32.2. The summed E-state index contributed by atoms with van der Waals surface area (Å²) < 4.78 is 0. The highest BCUT2D eigenvalue weighted by molar-refractivity contribution is 7.99. The average Bonchev–Trinajstić information content (AvgIpc) is 2.73. The van der Waals surface area contributed by atoms with Crippen LogP contribution >= 0.6 is 11.8 Å². The Labute approximate surface area is 109 Å². The SMILES string of the molecule is Cc1cnccc1Sc1nc2ccc(N)cc2[nH]1. The van der Waals surface area contributed by atoms with Gasteiger partial charge in [-0.15, -0.1) is 0 Å². The molecule has 0 radical (unpaired) electrons. The van der Waals surface area contributed by atoms with Crippen LogP contribution in [-0.2, 0) is 0 Å². The van der Waals surface area contributed by atoms with Crippen molar-refractivity contribution in [2.24, 2.45) is 0 Å². The van der Waals surface area contributed by atoms with Gasteiger partial charge in [0, 0.05) is 23.0 Å². The predicted octanol–water partition coefficient (Wildman–Crippen LogP) is 3.00. The maximum absolute atomic E-state index is 5.75. The van der Waals surface area contributed by atoms with E-state index in [4.69, 9.17) is 5.73 Å². The molecule has 90 valence electrons. The topological polar surface area (TPSA) is 67.6 Å². The lowest BCUT2D eigenvalue weighted by Gasteiger charge is -2.00. The molecule has 0 aliphatic heterocycles. The largest absolute Gasteiger partial charge is 0.399 e. The number of nitrogens with zero attached hydrogens (tertiary/aromatic N) is 2. The molecule has 3 aromatic rings. The molecule has 0 unspecified atom stereocenters. The molecule has 0 aliphatic carbocycles. The number of nitrogens with two attached hydrogens (primary N) is 1. The molecule has 0 spiro atoms. The normalized spacial score (nSPS) is 10.9. The zero-order chi connectivity index (χ0) is 12.5. The molecule has 0 amide bonds. The van der Waals surface area contributed by atoms with Gasteiger partial charge in [-0.2, -0.15) is 0 Å². The molecule has 0 fully saturated rings. The van der Waals surface area contributed by atoms with E-state index < -0.39 is 0 Å². The van der Waals surface area contributed by atoms with Crippen molar-refractivity contribution in [1.82, 2.24) is 15.0 Å². The fraction of sp³-hybridized carbons (Fsp3) is 0.0769. The van der Waals surface area contributed by atoms with Crippen LogP contribution in [0.2, 0.25) is 0 Å². The minimum Gasteiger partial charge on any atom is -0.399 e. The summed E-state index contributed by atoms with van der Waals surface area (Å²) in [4.78, 5) is 13.0. The second-order valence-electron chi connectivity index (χ2n) is 4.06. The zero-order valence-corrected chi connectivity index (χ0v) is 10.7. The lowest BCUT2D eigenvalue weighted by atomic mass is 10.3. The Morgan fingerprint density at radius 2 is 2.17 bits per heavy atom. The maximum atomic E-state index is 5.75. The molecular formula is C13H12N4S. The van der Waals surface area contributed by atoms with Crippen LogP contribution in [-0.4, -0.2) is 15.0 Å². The van der Waals surface area contributed by atoms with Gasteiger partial charge < -0.3 is 10.7 Å². The second-order valence-corrected chi connectivity index (χ2v) is 5.09. The monoisotopic (exact) mass is 256 g/mol. The molecule has 4 nitrogen and oxygen atoms in total. The van der Waals surface area contributed by atoms with Crippen molar-refractivity contribution in [2.75, 3.05) is 5.73 Å². The van der Waals surface area contributed by atoms with E-state index in [2.05, 4.69) is 15.0 Å². The van der Waals surface area contributed by atoms with E-state index in [1.165, 1.54) is 0 Å². The summed E-state index contributed by atoms with van der Waals surface area (Å²) in [5, 5.41) is 0.866. The molecule has 0 saturated carbocycles. The first kappa shape index (κ1) is 11.1. The summed E-state index contributed by atoms with van der Waals surface area (Å²) in [5.41, 5.74) is 9.52. The van der Waals surface area contributed by atoms with Gasteiger partial charge >= 0.3 is 0 Å². The van der Waals surface area contributed by atoms with Gasteiger partial charge in [-0.3, -0.25) is 4.98 Å². The second kappa shape index (κ2) is 4.34. The van der Waals surface area contributed by atoms with Crippen molar-refractivity contribution >= 4 is 28.5 Å². The summed E-state index contributed by atoms with van der Waals surface area (Å²) in [5.74, 6) is 0. The van der Waals surface area contributed by atoms with Gasteiger partial charge in [0.25, 0.3) is 0 Å². The summed E-state index contributed by atoms with van der Waals surface area (Å²) in [6, 6.07) is 7.66. The predicted molar refractivity (Wildman–Crippen MR) is 73.6 cm³/mol. The van der Waals surface area contributed by atoms with E-state index >= 15 is 0 Å². The van der Waals surface area contributed by atoms with E-state index in [1.807, 2.05) is 37.4 Å². The van der Waals surface area contributed by atoms with Crippen molar-refractivity contribution in [1.29, 1.82) is 0 Å². The first-order valence-corrected chi connectivity index (χ1v) is 6.38. The van der Waals surface area contributed by atoms with Crippen molar-refractivity contribution in [2.45, 2.75) is 17.0 Å². The molecule has 2 aromatic heterocycles. The highest BCUT2D eigenvalue weighted by Gasteiger charge is 2.06. The van der Waals surface area contributed by atoms with Crippen LogP contribution in [0.15, 0.2) is 46.7 Å². The standard InChI is InChI=1S/C13H12N4S/c1-8-7-15-5-4-12(8)18-13-16-10-3-2-9(14)6-11(10)17-13/h2-7H,14H2,1H3,(H,16,17). The molecule has 0 atom stereocenters. The van der Waals surface area contributed by atoms with Crippen LogP contribution in [0.25, 0.3) is 11.0 Å². The number of pyridine rings is 1. The Kier molecular flexibility index (Phi) is 2.68. The smallest absolute Gasteiger partial charge is 0.171 e. The Balaban J connectivity index is 1.98. The van der Waals surface area contributed by atoms with Crippen LogP contribution in [0.1, 0.15) is 5.56 Å². The van der Waals surface area contributed by atoms with Crippen molar-refractivity contribution in [3.63, 3.8) is 0 Å². The first-order valence-electron chi connectivity index (χ1n) is 5.56. The van der Waals surface area contributed by atoms with Crippen molar-refractivity contribution in [3.8, 4) is 0 Å². The number of H-pyrrole nitrogens is 1. The fourth-order valence-corrected chi connectivity index (χ4v) is 2.59. The number of fused-ring (bicyclic) bond motifs is 1. The molecular weight excluding hydrogens is 244 g/mol. The number of imidazole rings is 1. The minimum absolute atomic E-state index is 0.739. The third-order valence-electron chi connectivity index (χ3n) is 2.66. The minimum atomic E-state index is 0.739. The number of nitrogen functional groups attached to an aromatic ring is 1. The zero-order valence-electron chi connectivity index (χ0n) is 9.84. The van der Waals surface area contributed by atoms with Crippen LogP contribution in [0.3, 0.4) is 0 Å². The number of aryl methyl sites for hydroxylation is 1. The van der Waals surface area contributed by atoms with Crippen LogP contribution in [0.4, 0.5) is 5.69 Å². The van der Waals surface area contributed by atoms with E-state index in [9.17, 15) is 0 Å². The number of benzene rings is 1. The lowest BCUT2D eigenvalue weighted by Crippen LogP contribution is -1.82. The number of aromatic nitrogens is 3. The summed E-state index contributed by atoms with van der Waals surface area (Å²) in [6.45, 7) is 2.04. The van der Waals surface area contributed by atoms with Crippen LogP contribution < -0.4 is 5.73 Å². The van der Waals surface area contributed by atoms with Gasteiger partial charge in [0.15, 0.2) is 5.16 Å². The Morgan fingerprint density at radius 1 is 1.28 bits per heavy atom. The van der Waals surface area contributed by atoms with E-state index in [1.54, 1.807) is 18.0 Å². The average molecular weight is 256 g/mol. The van der Waals surface area contributed by atoms with E-state index in [0.29, 0.717) is 0 Å². The van der Waals surface area contributed by atoms with Gasteiger partial charge in [-0.1, -0.05) is 11.8 Å². The Hall–Kier alpha value is -2.01. The summed E-state index contributed by atoms with van der Waals surface area (Å²) >= 11 is 1.60. The molecule has 3 rings (SSSR count). The van der Waals surface area contributed by atoms with Gasteiger partial charge in [0.05, 0.1) is 11.0 Å². The summed E-state index contributed by atoms with van der Waals surface area (Å²) in [7, 11) is 0. The van der Waals surface area contributed by atoms with E-state index in [-0.39, 0.29) is 0 Å². The third kappa shape index (κ3) is 2.04. The number of rotatable bonds is 2. The van der Waals surface area contributed by atoms with Gasteiger partial charge in [0.2, 0.25) is 0 Å².